The highest BCUT2D eigenvalue weighted by Gasteiger charge is 2.46. The Balaban J connectivity index is 1.89. The molecule has 0 bridgehead atoms. The van der Waals surface area contributed by atoms with Crippen LogP contribution < -0.4 is 0 Å². The van der Waals surface area contributed by atoms with Crippen molar-refractivity contribution in [1.29, 1.82) is 0 Å². The minimum Gasteiger partial charge on any atom is -0.507 e. The Bertz CT molecular complexity index is 1500. The van der Waals surface area contributed by atoms with Gasteiger partial charge in [-0.3, -0.25) is 9.59 Å². The first-order valence-electron chi connectivity index (χ1n) is 13.4. The smallest absolute Gasteiger partial charge is 0.335 e. The van der Waals surface area contributed by atoms with Gasteiger partial charge >= 0.3 is 5.97 Å². The predicted octanol–water partition coefficient (Wildman–Crippen LogP) is 6.91. The fourth-order valence-corrected chi connectivity index (χ4v) is 4.99. The minimum atomic E-state index is -1.04. The number of benzene rings is 3. The summed E-state index contributed by atoms with van der Waals surface area (Å²) in [5.41, 5.74) is 4.71. The molecule has 1 aliphatic rings. The highest BCUT2D eigenvalue weighted by atomic mass is 16.4. The van der Waals surface area contributed by atoms with Gasteiger partial charge in [0.25, 0.3) is 11.7 Å². The number of hydrogen-bond acceptors (Lipinski definition) is 4. The maximum absolute atomic E-state index is 13.6. The van der Waals surface area contributed by atoms with Gasteiger partial charge in [-0.05, 0) is 63.8 Å². The molecule has 0 saturated carbocycles. The first kappa shape index (κ1) is 28.8. The Hall–Kier alpha value is -4.19. The molecule has 208 valence electrons. The first-order valence-corrected chi connectivity index (χ1v) is 13.4. The Kier molecular flexibility index (Phi) is 7.50. The van der Waals surface area contributed by atoms with Gasteiger partial charge in [0.1, 0.15) is 5.76 Å². The molecule has 1 saturated heterocycles. The minimum absolute atomic E-state index is 0.0461. The molecule has 2 N–H and O–H groups in total. The molecule has 1 aliphatic heterocycles. The molecule has 0 radical (unpaired) electrons. The van der Waals surface area contributed by atoms with Crippen molar-refractivity contribution in [3.8, 4) is 0 Å². The number of likely N-dealkylation sites (tertiary alicyclic amines) is 1. The maximum Gasteiger partial charge on any atom is 0.335 e. The summed E-state index contributed by atoms with van der Waals surface area (Å²) in [5.74, 6) is -2.70. The molecule has 1 unspecified atom stereocenters. The van der Waals surface area contributed by atoms with Gasteiger partial charge in [-0.1, -0.05) is 90.1 Å². The van der Waals surface area contributed by atoms with Crippen molar-refractivity contribution in [2.45, 2.75) is 71.9 Å². The zero-order valence-corrected chi connectivity index (χ0v) is 24.2. The third-order valence-electron chi connectivity index (χ3n) is 7.54. The molecule has 4 rings (SSSR count). The Morgan fingerprint density at radius 2 is 1.35 bits per heavy atom. The highest BCUT2D eigenvalue weighted by Crippen LogP contribution is 2.42. The van der Waals surface area contributed by atoms with Crippen LogP contribution in [0.3, 0.4) is 0 Å². The van der Waals surface area contributed by atoms with Crippen LogP contribution in [0.1, 0.15) is 91.3 Å². The fraction of sp³-hybridized carbons (Fsp3) is 0.324. The molecular formula is C34H37NO5. The lowest BCUT2D eigenvalue weighted by molar-refractivity contribution is -0.140. The summed E-state index contributed by atoms with van der Waals surface area (Å²) in [7, 11) is 0. The lowest BCUT2D eigenvalue weighted by Crippen LogP contribution is -2.29. The molecule has 3 aromatic carbocycles. The molecule has 1 amide bonds. The van der Waals surface area contributed by atoms with Crippen molar-refractivity contribution in [3.63, 3.8) is 0 Å². The summed E-state index contributed by atoms with van der Waals surface area (Å²) in [6.07, 6.45) is 0. The van der Waals surface area contributed by atoms with E-state index in [2.05, 4.69) is 41.5 Å². The number of rotatable bonds is 5. The molecule has 1 fully saturated rings. The summed E-state index contributed by atoms with van der Waals surface area (Å²) in [6.45, 7) is 14.5. The lowest BCUT2D eigenvalue weighted by Gasteiger charge is -2.27. The monoisotopic (exact) mass is 539 g/mol. The molecule has 6 nitrogen and oxygen atoms in total. The number of carboxylic acids is 1. The molecule has 6 heteroatoms. The van der Waals surface area contributed by atoms with Crippen molar-refractivity contribution in [3.05, 3.63) is 111 Å². The average molecular weight is 540 g/mol. The van der Waals surface area contributed by atoms with E-state index in [-0.39, 0.29) is 34.3 Å². The van der Waals surface area contributed by atoms with Crippen LogP contribution in [0.15, 0.2) is 72.3 Å². The van der Waals surface area contributed by atoms with Crippen molar-refractivity contribution in [2.75, 3.05) is 0 Å². The predicted molar refractivity (Wildman–Crippen MR) is 156 cm³/mol. The van der Waals surface area contributed by atoms with Crippen LogP contribution in [0.4, 0.5) is 0 Å². The van der Waals surface area contributed by atoms with Crippen LogP contribution in [-0.2, 0) is 27.0 Å². The van der Waals surface area contributed by atoms with Crippen molar-refractivity contribution < 1.29 is 24.6 Å². The number of Topliss-reactive ketones (excluding diaryl/α,β-unsaturated/α-hetero) is 1. The number of carbonyl (C=O) groups is 3. The fourth-order valence-electron chi connectivity index (χ4n) is 4.99. The zero-order chi connectivity index (χ0) is 29.6. The van der Waals surface area contributed by atoms with Crippen molar-refractivity contribution >= 4 is 23.4 Å². The average Bonchev–Trinajstić information content (AvgIpc) is 3.12. The number of carbonyl (C=O) groups excluding carboxylic acids is 2. The number of carboxylic acid groups (broad SMARTS) is 1. The molecule has 40 heavy (non-hydrogen) atoms. The van der Waals surface area contributed by atoms with Crippen molar-refractivity contribution in [2.24, 2.45) is 0 Å². The van der Waals surface area contributed by atoms with Gasteiger partial charge in [0, 0.05) is 12.1 Å². The van der Waals surface area contributed by atoms with Crippen LogP contribution >= 0.6 is 0 Å². The van der Waals surface area contributed by atoms with Crippen LogP contribution in [0.25, 0.3) is 5.76 Å². The van der Waals surface area contributed by atoms with E-state index in [1.807, 2.05) is 49.4 Å². The summed E-state index contributed by atoms with van der Waals surface area (Å²) >= 11 is 0. The standard InChI is InChI=1S/C34H37NO5/c1-20-8-15-25(34(5,6)7)18-26(20)29(36)27-28(22-13-16-24(17-14-22)33(2,3)4)35(31(38)30(27)37)19-21-9-11-23(12-10-21)32(39)40/h8-18,28,36H,19H2,1-7H3,(H,39,40)/b29-27+. The van der Waals surface area contributed by atoms with Crippen LogP contribution in [0.2, 0.25) is 0 Å². The number of aliphatic hydroxyl groups excluding tert-OH is 1. The topological polar surface area (TPSA) is 94.9 Å². The normalized spacial score (nSPS) is 17.4. The third-order valence-corrected chi connectivity index (χ3v) is 7.54. The molecule has 1 heterocycles. The first-order chi connectivity index (χ1) is 18.6. The van der Waals surface area contributed by atoms with Crippen molar-refractivity contribution in [1.82, 2.24) is 4.90 Å². The number of aromatic carboxylic acids is 1. The van der Waals surface area contributed by atoms with E-state index >= 15 is 0 Å². The number of amides is 1. The van der Waals surface area contributed by atoms with Gasteiger partial charge in [0.05, 0.1) is 17.2 Å². The van der Waals surface area contributed by atoms with Gasteiger partial charge < -0.3 is 15.1 Å². The second-order valence-electron chi connectivity index (χ2n) is 12.6. The summed E-state index contributed by atoms with van der Waals surface area (Å²) in [6, 6.07) is 19.0. The van der Waals surface area contributed by atoms with E-state index in [1.54, 1.807) is 12.1 Å². The summed E-state index contributed by atoms with van der Waals surface area (Å²) in [4.78, 5) is 39.8. The van der Waals surface area contributed by atoms with Crippen LogP contribution in [-0.4, -0.2) is 32.8 Å². The molecule has 1 atom stereocenters. The van der Waals surface area contributed by atoms with E-state index < -0.39 is 23.7 Å². The Morgan fingerprint density at radius 3 is 1.88 bits per heavy atom. The molecular weight excluding hydrogens is 502 g/mol. The van der Waals surface area contributed by atoms with Gasteiger partial charge in [0.15, 0.2) is 0 Å². The number of aliphatic hydroxyl groups is 1. The zero-order valence-electron chi connectivity index (χ0n) is 24.2. The number of hydrogen-bond donors (Lipinski definition) is 2. The van der Waals surface area contributed by atoms with Gasteiger partial charge in [0.2, 0.25) is 0 Å². The Morgan fingerprint density at radius 1 is 0.800 bits per heavy atom. The largest absolute Gasteiger partial charge is 0.507 e. The van der Waals surface area contributed by atoms with Crippen LogP contribution in [0, 0.1) is 6.92 Å². The van der Waals surface area contributed by atoms with Gasteiger partial charge in [-0.25, -0.2) is 4.79 Å². The second kappa shape index (κ2) is 10.4. The molecule has 0 aliphatic carbocycles. The SMILES string of the molecule is Cc1ccc(C(C)(C)C)cc1/C(O)=C1\C(=O)C(=O)N(Cc2ccc(C(=O)O)cc2)C1c1ccc(C(C)(C)C)cc1. The van der Waals surface area contributed by atoms with E-state index in [1.165, 1.54) is 17.0 Å². The maximum atomic E-state index is 13.6. The number of ketones is 1. The van der Waals surface area contributed by atoms with E-state index in [0.717, 1.165) is 16.7 Å². The van der Waals surface area contributed by atoms with Gasteiger partial charge in [-0.15, -0.1) is 0 Å². The van der Waals surface area contributed by atoms with Gasteiger partial charge in [-0.2, -0.15) is 0 Å². The summed E-state index contributed by atoms with van der Waals surface area (Å²) < 4.78 is 0. The second-order valence-corrected chi connectivity index (χ2v) is 12.6. The summed E-state index contributed by atoms with van der Waals surface area (Å²) in [5, 5.41) is 21.0. The Labute approximate surface area is 236 Å². The van der Waals surface area contributed by atoms with Crippen LogP contribution in [0.5, 0.6) is 0 Å². The molecule has 3 aromatic rings. The number of nitrogens with zero attached hydrogens (tertiary/aromatic N) is 1. The quantitative estimate of drug-likeness (QED) is 0.209. The third kappa shape index (κ3) is 5.57. The number of aryl methyl sites for hydroxylation is 1. The van der Waals surface area contributed by atoms with E-state index in [9.17, 15) is 24.6 Å². The van der Waals surface area contributed by atoms with E-state index in [0.29, 0.717) is 16.7 Å². The molecule has 0 aromatic heterocycles. The highest BCUT2D eigenvalue weighted by molar-refractivity contribution is 6.46. The lowest BCUT2D eigenvalue weighted by atomic mass is 9.84. The molecule has 0 spiro atoms. The van der Waals surface area contributed by atoms with E-state index in [4.69, 9.17) is 0 Å².